The van der Waals surface area contributed by atoms with Crippen molar-refractivity contribution in [1.29, 1.82) is 0 Å². The maximum Gasteiger partial charge on any atom is 0.244 e. The Morgan fingerprint density at radius 1 is 1.21 bits per heavy atom. The lowest BCUT2D eigenvalue weighted by Crippen LogP contribution is -2.39. The number of imidazole rings is 1. The standard InChI is InChI=1S/C19H28N4O/c1-15-8-10-16(11-9-15)18(21(2)3)19(24)23(5)13-6-7-17-20-12-14-22(17)4/h8-12,14,18H,6-7,13H2,1-5H3/t18-/m1/s1. The summed E-state index contributed by atoms with van der Waals surface area (Å²) in [6, 6.07) is 7.95. The van der Waals surface area contributed by atoms with Crippen LogP contribution in [0.15, 0.2) is 36.7 Å². The summed E-state index contributed by atoms with van der Waals surface area (Å²) < 4.78 is 2.02. The molecule has 2 aromatic rings. The first kappa shape index (κ1) is 18.2. The number of rotatable bonds is 7. The number of hydrogen-bond acceptors (Lipinski definition) is 3. The van der Waals surface area contributed by atoms with Gasteiger partial charge >= 0.3 is 0 Å². The molecule has 1 aromatic carbocycles. The van der Waals surface area contributed by atoms with E-state index in [9.17, 15) is 4.79 Å². The quantitative estimate of drug-likeness (QED) is 0.784. The summed E-state index contributed by atoms with van der Waals surface area (Å²) in [5.74, 6) is 1.18. The third-order valence-corrected chi connectivity index (χ3v) is 4.33. The van der Waals surface area contributed by atoms with E-state index in [-0.39, 0.29) is 11.9 Å². The fraction of sp³-hybridized carbons (Fsp3) is 0.474. The second-order valence-electron chi connectivity index (χ2n) is 6.59. The van der Waals surface area contributed by atoms with Crippen molar-refractivity contribution in [2.45, 2.75) is 25.8 Å². The molecule has 0 saturated heterocycles. The molecule has 2 rings (SSSR count). The molecule has 0 unspecified atom stereocenters. The van der Waals surface area contributed by atoms with Crippen molar-refractivity contribution in [2.75, 3.05) is 27.7 Å². The van der Waals surface area contributed by atoms with Gasteiger partial charge < -0.3 is 9.47 Å². The van der Waals surface area contributed by atoms with Crippen molar-refractivity contribution in [2.24, 2.45) is 7.05 Å². The fourth-order valence-corrected chi connectivity index (χ4v) is 2.84. The predicted octanol–water partition coefficient (Wildman–Crippen LogP) is 2.42. The Kier molecular flexibility index (Phi) is 6.15. The monoisotopic (exact) mass is 328 g/mol. The van der Waals surface area contributed by atoms with Crippen molar-refractivity contribution in [1.82, 2.24) is 19.4 Å². The van der Waals surface area contributed by atoms with Crippen LogP contribution in [0.5, 0.6) is 0 Å². The molecule has 0 fully saturated rings. The lowest BCUT2D eigenvalue weighted by atomic mass is 10.0. The average molecular weight is 328 g/mol. The second-order valence-corrected chi connectivity index (χ2v) is 6.59. The Morgan fingerprint density at radius 2 is 1.88 bits per heavy atom. The summed E-state index contributed by atoms with van der Waals surface area (Å²) in [6.45, 7) is 2.78. The van der Waals surface area contributed by atoms with Gasteiger partial charge in [0.05, 0.1) is 0 Å². The molecule has 1 amide bonds. The molecular weight excluding hydrogens is 300 g/mol. The Balaban J connectivity index is 1.98. The van der Waals surface area contributed by atoms with Gasteiger partial charge in [-0.3, -0.25) is 9.69 Å². The van der Waals surface area contributed by atoms with Crippen molar-refractivity contribution < 1.29 is 4.79 Å². The van der Waals surface area contributed by atoms with Crippen molar-refractivity contribution in [3.63, 3.8) is 0 Å². The molecule has 1 heterocycles. The van der Waals surface area contributed by atoms with Crippen LogP contribution in [0.4, 0.5) is 0 Å². The number of likely N-dealkylation sites (N-methyl/N-ethyl adjacent to an activating group) is 2. The minimum absolute atomic E-state index is 0.128. The van der Waals surface area contributed by atoms with Gasteiger partial charge in [0, 0.05) is 39.5 Å². The van der Waals surface area contributed by atoms with Gasteiger partial charge in [-0.25, -0.2) is 4.98 Å². The zero-order chi connectivity index (χ0) is 17.7. The van der Waals surface area contributed by atoms with Crippen molar-refractivity contribution in [3.05, 3.63) is 53.6 Å². The third kappa shape index (κ3) is 4.45. The second kappa shape index (κ2) is 8.11. The zero-order valence-corrected chi connectivity index (χ0v) is 15.4. The molecule has 1 atom stereocenters. The van der Waals surface area contributed by atoms with Crippen LogP contribution in [0.25, 0.3) is 0 Å². The number of carbonyl (C=O) groups is 1. The summed E-state index contributed by atoms with van der Waals surface area (Å²) in [6.07, 6.45) is 5.53. The number of benzene rings is 1. The van der Waals surface area contributed by atoms with Gasteiger partial charge in [-0.1, -0.05) is 29.8 Å². The maximum absolute atomic E-state index is 12.9. The average Bonchev–Trinajstić information content (AvgIpc) is 2.94. The predicted molar refractivity (Wildman–Crippen MR) is 96.8 cm³/mol. The number of carbonyl (C=O) groups excluding carboxylic acids is 1. The van der Waals surface area contributed by atoms with Crippen LogP contribution < -0.4 is 0 Å². The molecule has 0 bridgehead atoms. The van der Waals surface area contributed by atoms with Crippen molar-refractivity contribution in [3.8, 4) is 0 Å². The van der Waals surface area contributed by atoms with E-state index in [0.717, 1.165) is 30.8 Å². The molecule has 0 radical (unpaired) electrons. The fourth-order valence-electron chi connectivity index (χ4n) is 2.84. The molecule has 24 heavy (non-hydrogen) atoms. The first-order chi connectivity index (χ1) is 11.4. The van der Waals surface area contributed by atoms with Crippen molar-refractivity contribution >= 4 is 5.91 Å². The van der Waals surface area contributed by atoms with E-state index in [1.54, 1.807) is 0 Å². The number of aromatic nitrogens is 2. The summed E-state index contributed by atoms with van der Waals surface area (Å²) >= 11 is 0. The van der Waals surface area contributed by atoms with Gasteiger partial charge in [-0.15, -0.1) is 0 Å². The SMILES string of the molecule is Cc1ccc([C@H](C(=O)N(C)CCCc2nccn2C)N(C)C)cc1. The van der Waals surface area contributed by atoms with E-state index in [1.807, 2.05) is 67.1 Å². The third-order valence-electron chi connectivity index (χ3n) is 4.33. The minimum Gasteiger partial charge on any atom is -0.344 e. The molecule has 130 valence electrons. The van der Waals surface area contributed by atoms with E-state index in [1.165, 1.54) is 5.56 Å². The molecule has 0 spiro atoms. The molecule has 5 nitrogen and oxygen atoms in total. The Hall–Kier alpha value is -2.14. The normalized spacial score (nSPS) is 12.4. The van der Waals surface area contributed by atoms with Crippen LogP contribution in [0.1, 0.15) is 29.4 Å². The lowest BCUT2D eigenvalue weighted by molar-refractivity contribution is -0.135. The van der Waals surface area contributed by atoms with Gasteiger partial charge in [0.15, 0.2) is 0 Å². The summed E-state index contributed by atoms with van der Waals surface area (Å²) in [7, 11) is 7.77. The zero-order valence-electron chi connectivity index (χ0n) is 15.4. The van der Waals surface area contributed by atoms with Gasteiger partial charge in [0.25, 0.3) is 0 Å². The number of aryl methyl sites for hydroxylation is 3. The van der Waals surface area contributed by atoms with Crippen LogP contribution >= 0.6 is 0 Å². The van der Waals surface area contributed by atoms with Crippen LogP contribution in [-0.2, 0) is 18.3 Å². The van der Waals surface area contributed by atoms with Gasteiger partial charge in [0.1, 0.15) is 11.9 Å². The van der Waals surface area contributed by atoms with E-state index in [4.69, 9.17) is 0 Å². The van der Waals surface area contributed by atoms with E-state index in [0.29, 0.717) is 0 Å². The van der Waals surface area contributed by atoms with Gasteiger partial charge in [-0.2, -0.15) is 0 Å². The molecule has 0 aliphatic rings. The number of hydrogen-bond donors (Lipinski definition) is 0. The highest BCUT2D eigenvalue weighted by Gasteiger charge is 2.25. The first-order valence-electron chi connectivity index (χ1n) is 8.34. The highest BCUT2D eigenvalue weighted by atomic mass is 16.2. The Morgan fingerprint density at radius 3 is 2.42 bits per heavy atom. The summed E-state index contributed by atoms with van der Waals surface area (Å²) in [5, 5.41) is 0. The van der Waals surface area contributed by atoms with Gasteiger partial charge in [-0.05, 0) is 33.0 Å². The Labute approximate surface area is 144 Å². The van der Waals surface area contributed by atoms with Gasteiger partial charge in [0.2, 0.25) is 5.91 Å². The topological polar surface area (TPSA) is 41.4 Å². The lowest BCUT2D eigenvalue weighted by Gasteiger charge is -2.28. The number of amides is 1. The minimum atomic E-state index is -0.247. The molecular formula is C19H28N4O. The maximum atomic E-state index is 12.9. The van der Waals surface area contributed by atoms with Crippen LogP contribution in [0.3, 0.4) is 0 Å². The van der Waals surface area contributed by atoms with E-state index >= 15 is 0 Å². The van der Waals surface area contributed by atoms with Crippen LogP contribution in [-0.4, -0.2) is 52.9 Å². The molecule has 1 aromatic heterocycles. The first-order valence-corrected chi connectivity index (χ1v) is 8.34. The number of nitrogens with zero attached hydrogens (tertiary/aromatic N) is 4. The smallest absolute Gasteiger partial charge is 0.244 e. The van der Waals surface area contributed by atoms with Crippen LogP contribution in [0.2, 0.25) is 0 Å². The molecule has 0 N–H and O–H groups in total. The molecule has 5 heteroatoms. The molecule has 0 aliphatic heterocycles. The van der Waals surface area contributed by atoms with Crippen LogP contribution in [0, 0.1) is 6.92 Å². The van der Waals surface area contributed by atoms with E-state index in [2.05, 4.69) is 24.0 Å². The summed E-state index contributed by atoms with van der Waals surface area (Å²) in [5.41, 5.74) is 2.23. The molecule has 0 aliphatic carbocycles. The largest absolute Gasteiger partial charge is 0.344 e. The summed E-state index contributed by atoms with van der Waals surface area (Å²) in [4.78, 5) is 21.0. The highest BCUT2D eigenvalue weighted by molar-refractivity contribution is 5.83. The molecule has 0 saturated carbocycles. The Bertz CT molecular complexity index is 660. The highest BCUT2D eigenvalue weighted by Crippen LogP contribution is 2.21. The van der Waals surface area contributed by atoms with E-state index < -0.39 is 0 Å².